The van der Waals surface area contributed by atoms with Crippen LogP contribution in [-0.4, -0.2) is 53.5 Å². The summed E-state index contributed by atoms with van der Waals surface area (Å²) in [4.78, 5) is 18.1. The molecule has 1 aliphatic heterocycles. The van der Waals surface area contributed by atoms with Crippen LogP contribution in [0.15, 0.2) is 46.8 Å². The molecule has 0 spiro atoms. The summed E-state index contributed by atoms with van der Waals surface area (Å²) in [6, 6.07) is 11.3. The fourth-order valence-corrected chi connectivity index (χ4v) is 7.47. The lowest BCUT2D eigenvalue weighted by Crippen LogP contribution is -2.41. The van der Waals surface area contributed by atoms with Crippen LogP contribution in [0, 0.1) is 11.8 Å². The highest BCUT2D eigenvalue weighted by Gasteiger charge is 2.30. The van der Waals surface area contributed by atoms with E-state index >= 15 is 4.39 Å². The molecule has 3 heterocycles. The fourth-order valence-electron chi connectivity index (χ4n) is 5.09. The number of hydrogen-bond acceptors (Lipinski definition) is 6. The molecule has 0 amide bonds. The number of carboxylic acid groups (broad SMARTS) is 1. The number of rotatable bonds is 12. The maximum Gasteiger partial charge on any atom is 0.303 e. The van der Waals surface area contributed by atoms with Gasteiger partial charge in [0.25, 0.3) is 0 Å². The minimum Gasteiger partial charge on any atom is -0.497 e. The Balaban J connectivity index is 1.35. The van der Waals surface area contributed by atoms with E-state index in [4.69, 9.17) is 16.3 Å². The molecule has 2 aromatic heterocycles. The Morgan fingerprint density at radius 2 is 2.17 bits per heavy atom. The number of pyridine rings is 1. The largest absolute Gasteiger partial charge is 0.497 e. The second kappa shape index (κ2) is 13.1. The van der Waals surface area contributed by atoms with Gasteiger partial charge in [-0.2, -0.15) is 0 Å². The summed E-state index contributed by atoms with van der Waals surface area (Å²) < 4.78 is 22.9. The minimum absolute atomic E-state index is 0.158. The molecule has 194 valence electrons. The number of hydrogen-bond donors (Lipinski definition) is 1. The molecule has 3 atom stereocenters. The van der Waals surface area contributed by atoms with Gasteiger partial charge in [0.2, 0.25) is 0 Å². The zero-order valence-corrected chi connectivity index (χ0v) is 22.8. The Kier molecular flexibility index (Phi) is 9.87. The number of alkyl halides is 1. The molecule has 5 nitrogen and oxygen atoms in total. The first-order chi connectivity index (χ1) is 17.4. The van der Waals surface area contributed by atoms with E-state index < -0.39 is 12.1 Å². The number of thiophene rings is 1. The van der Waals surface area contributed by atoms with Crippen LogP contribution in [0.1, 0.15) is 43.8 Å². The minimum atomic E-state index is -1.10. The van der Waals surface area contributed by atoms with Crippen LogP contribution in [0.2, 0.25) is 4.34 Å². The summed E-state index contributed by atoms with van der Waals surface area (Å²) in [5, 5.41) is 10.1. The van der Waals surface area contributed by atoms with E-state index in [-0.39, 0.29) is 12.3 Å². The average molecular weight is 551 g/mol. The van der Waals surface area contributed by atoms with Gasteiger partial charge >= 0.3 is 5.97 Å². The van der Waals surface area contributed by atoms with Crippen LogP contribution < -0.4 is 4.74 Å². The lowest BCUT2D eigenvalue weighted by Gasteiger charge is -2.39. The number of likely N-dealkylation sites (tertiary alicyclic amines) is 1. The Labute approximate surface area is 225 Å². The summed E-state index contributed by atoms with van der Waals surface area (Å²) in [5.41, 5.74) is 1.40. The molecule has 1 saturated heterocycles. The van der Waals surface area contributed by atoms with Gasteiger partial charge in [-0.3, -0.25) is 9.78 Å². The zero-order chi connectivity index (χ0) is 25.5. The first-order valence-corrected chi connectivity index (χ1v) is 14.5. The smallest absolute Gasteiger partial charge is 0.303 e. The van der Waals surface area contributed by atoms with Crippen molar-refractivity contribution in [2.75, 3.05) is 32.5 Å². The second-order valence-corrected chi connectivity index (χ2v) is 12.4. The van der Waals surface area contributed by atoms with E-state index in [0.29, 0.717) is 30.1 Å². The maximum atomic E-state index is 15.5. The summed E-state index contributed by atoms with van der Waals surface area (Å²) in [7, 11) is 1.60. The Hall–Kier alpha value is -1.87. The topological polar surface area (TPSA) is 62.7 Å². The first-order valence-electron chi connectivity index (χ1n) is 12.3. The van der Waals surface area contributed by atoms with Gasteiger partial charge in [0, 0.05) is 36.8 Å². The van der Waals surface area contributed by atoms with Gasteiger partial charge in [-0.1, -0.05) is 11.6 Å². The third-order valence-electron chi connectivity index (χ3n) is 7.02. The van der Waals surface area contributed by atoms with Crippen molar-refractivity contribution in [3.05, 3.63) is 52.5 Å². The number of carboxylic acids is 1. The lowest BCUT2D eigenvalue weighted by molar-refractivity contribution is -0.137. The summed E-state index contributed by atoms with van der Waals surface area (Å²) in [5.74, 6) is 1.47. The predicted octanol–water partition coefficient (Wildman–Crippen LogP) is 7.34. The molecule has 0 aliphatic carbocycles. The monoisotopic (exact) mass is 550 g/mol. The van der Waals surface area contributed by atoms with E-state index in [2.05, 4.69) is 16.0 Å². The Morgan fingerprint density at radius 3 is 2.92 bits per heavy atom. The average Bonchev–Trinajstić information content (AvgIpc) is 3.30. The number of ether oxygens (including phenoxy) is 1. The molecule has 1 fully saturated rings. The molecule has 9 heteroatoms. The van der Waals surface area contributed by atoms with Crippen LogP contribution in [0.5, 0.6) is 5.75 Å². The van der Waals surface area contributed by atoms with Gasteiger partial charge in [-0.25, -0.2) is 4.39 Å². The Bertz CT molecular complexity index is 1160. The number of carbonyl (C=O) groups is 1. The molecule has 1 aromatic carbocycles. The molecule has 0 saturated carbocycles. The molecule has 1 N–H and O–H groups in total. The van der Waals surface area contributed by atoms with Gasteiger partial charge in [-0.05, 0) is 86.0 Å². The maximum absolute atomic E-state index is 15.5. The first kappa shape index (κ1) is 27.2. The normalized spacial score (nSPS) is 19.4. The van der Waals surface area contributed by atoms with E-state index in [9.17, 15) is 9.90 Å². The van der Waals surface area contributed by atoms with Crippen molar-refractivity contribution in [2.45, 2.75) is 42.5 Å². The third kappa shape index (κ3) is 7.34. The quantitative estimate of drug-likeness (QED) is 0.238. The molecular weight excluding hydrogens is 519 g/mol. The molecule has 1 aliphatic rings. The van der Waals surface area contributed by atoms with Gasteiger partial charge in [0.1, 0.15) is 11.9 Å². The SMILES string of the molecule is COc1ccc2nccc([C@@H](F)CCC3CCN(CCSc4ccc(Cl)s4)CC3CCC(=O)O)c2c1. The highest BCUT2D eigenvalue weighted by atomic mass is 35.5. The van der Waals surface area contributed by atoms with Crippen LogP contribution in [0.4, 0.5) is 4.39 Å². The zero-order valence-electron chi connectivity index (χ0n) is 20.4. The van der Waals surface area contributed by atoms with Gasteiger partial charge in [0.15, 0.2) is 0 Å². The van der Waals surface area contributed by atoms with Crippen LogP contribution >= 0.6 is 34.7 Å². The van der Waals surface area contributed by atoms with Crippen LogP contribution in [0.25, 0.3) is 10.9 Å². The van der Waals surface area contributed by atoms with E-state index in [0.717, 1.165) is 53.5 Å². The molecular formula is C27H32ClFN2O3S2. The number of aliphatic carboxylic acids is 1. The highest BCUT2D eigenvalue weighted by Crippen LogP contribution is 2.37. The van der Waals surface area contributed by atoms with Crippen molar-refractivity contribution >= 4 is 51.6 Å². The highest BCUT2D eigenvalue weighted by molar-refractivity contribution is 8.01. The van der Waals surface area contributed by atoms with Crippen molar-refractivity contribution in [3.8, 4) is 5.75 Å². The standard InChI is InChI=1S/C27H32ClFN2O3S2/c1-34-20-4-6-24-22(16-20)21(10-12-30-24)23(29)5-2-18-11-13-31(17-19(18)3-8-26(32)33)14-15-35-27-9-7-25(28)36-27/h4,6-7,9-10,12,16,18-19,23H,2-3,5,8,11,13-15,17H2,1H3,(H,32,33)/t18?,19?,23-/m0/s1. The van der Waals surface area contributed by atoms with Gasteiger partial charge in [-0.15, -0.1) is 23.1 Å². The van der Waals surface area contributed by atoms with Crippen LogP contribution in [0.3, 0.4) is 0 Å². The number of fused-ring (bicyclic) bond motifs is 1. The number of piperidine rings is 1. The molecule has 3 aromatic rings. The van der Waals surface area contributed by atoms with Crippen molar-refractivity contribution in [3.63, 3.8) is 0 Å². The van der Waals surface area contributed by atoms with E-state index in [1.165, 1.54) is 4.21 Å². The molecule has 36 heavy (non-hydrogen) atoms. The third-order valence-corrected chi connectivity index (χ3v) is 9.45. The van der Waals surface area contributed by atoms with Gasteiger partial charge < -0.3 is 14.7 Å². The summed E-state index contributed by atoms with van der Waals surface area (Å²) in [6.45, 7) is 2.79. The van der Waals surface area contributed by atoms with Crippen LogP contribution in [-0.2, 0) is 4.79 Å². The number of thioether (sulfide) groups is 1. The van der Waals surface area contributed by atoms with Crippen molar-refractivity contribution in [1.29, 1.82) is 0 Å². The molecule has 0 radical (unpaired) electrons. The molecule has 2 unspecified atom stereocenters. The number of methoxy groups -OCH3 is 1. The number of benzene rings is 1. The van der Waals surface area contributed by atoms with Crippen molar-refractivity contribution < 1.29 is 19.0 Å². The van der Waals surface area contributed by atoms with E-state index in [1.54, 1.807) is 42.5 Å². The molecule has 0 bridgehead atoms. The number of nitrogens with zero attached hydrogens (tertiary/aromatic N) is 2. The predicted molar refractivity (Wildman–Crippen MR) is 146 cm³/mol. The van der Waals surface area contributed by atoms with Crippen molar-refractivity contribution in [2.24, 2.45) is 11.8 Å². The van der Waals surface area contributed by atoms with Gasteiger partial charge in [0.05, 0.1) is 21.2 Å². The fraction of sp³-hybridized carbons (Fsp3) is 0.481. The Morgan fingerprint density at radius 1 is 1.31 bits per heavy atom. The summed E-state index contributed by atoms with van der Waals surface area (Å²) in [6.07, 6.45) is 3.48. The lowest BCUT2D eigenvalue weighted by atomic mass is 9.79. The number of halogens is 2. The second-order valence-electron chi connectivity index (χ2n) is 9.28. The summed E-state index contributed by atoms with van der Waals surface area (Å²) >= 11 is 9.43. The van der Waals surface area contributed by atoms with Crippen molar-refractivity contribution in [1.82, 2.24) is 9.88 Å². The number of aromatic nitrogens is 1. The molecule has 4 rings (SSSR count). The van der Waals surface area contributed by atoms with E-state index in [1.807, 2.05) is 24.3 Å².